The van der Waals surface area contributed by atoms with Crippen LogP contribution in [0.25, 0.3) is 0 Å². The van der Waals surface area contributed by atoms with Crippen LogP contribution >= 0.6 is 0 Å². The number of ketones is 1. The van der Waals surface area contributed by atoms with Crippen molar-refractivity contribution in [2.45, 2.75) is 25.9 Å². The second-order valence-corrected chi connectivity index (χ2v) is 4.69. The molecule has 2 unspecified atom stereocenters. The number of piperidine rings is 1. The predicted octanol–water partition coefficient (Wildman–Crippen LogP) is 2.90. The van der Waals surface area contributed by atoms with Crippen molar-refractivity contribution < 1.29 is 9.18 Å². The lowest BCUT2D eigenvalue weighted by atomic mass is 9.89. The van der Waals surface area contributed by atoms with Crippen molar-refractivity contribution in [3.63, 3.8) is 0 Å². The van der Waals surface area contributed by atoms with Crippen LogP contribution in [0.3, 0.4) is 0 Å². The highest BCUT2D eigenvalue weighted by Gasteiger charge is 2.24. The smallest absolute Gasteiger partial charge is 0.159 e. The Hall–Kier alpha value is -1.22. The molecule has 1 heterocycles. The largest absolute Gasteiger partial charge is 0.316 e. The van der Waals surface area contributed by atoms with E-state index in [-0.39, 0.29) is 11.7 Å². The number of nitrogens with one attached hydrogen (secondary N) is 1. The van der Waals surface area contributed by atoms with Gasteiger partial charge in [0.1, 0.15) is 6.17 Å². The van der Waals surface area contributed by atoms with E-state index in [1.54, 1.807) is 24.3 Å². The Bertz CT molecular complexity index is 399. The Balaban J connectivity index is 2.14. The summed E-state index contributed by atoms with van der Waals surface area (Å²) in [4.78, 5) is 11.3. The third-order valence-corrected chi connectivity index (χ3v) is 3.36. The van der Waals surface area contributed by atoms with E-state index in [4.69, 9.17) is 0 Å². The van der Waals surface area contributed by atoms with Gasteiger partial charge in [-0.3, -0.25) is 4.79 Å². The summed E-state index contributed by atoms with van der Waals surface area (Å²) in [6.45, 7) is 3.22. The SMILES string of the molecule is CC(=O)c1cccc(C(F)C2CCCNC2)c1. The molecular weight excluding hydrogens is 217 g/mol. The zero-order chi connectivity index (χ0) is 12.3. The van der Waals surface area contributed by atoms with Gasteiger partial charge in [-0.25, -0.2) is 4.39 Å². The van der Waals surface area contributed by atoms with Gasteiger partial charge in [0.15, 0.2) is 5.78 Å². The molecule has 0 aliphatic carbocycles. The highest BCUT2D eigenvalue weighted by Crippen LogP contribution is 2.31. The summed E-state index contributed by atoms with van der Waals surface area (Å²) in [5.74, 6) is 0.0202. The fourth-order valence-electron chi connectivity index (χ4n) is 2.33. The number of Topliss-reactive ketones (excluding diaryl/α,β-unsaturated/α-hetero) is 1. The minimum atomic E-state index is -0.970. The maximum absolute atomic E-state index is 14.3. The van der Waals surface area contributed by atoms with Crippen LogP contribution in [0.15, 0.2) is 24.3 Å². The van der Waals surface area contributed by atoms with E-state index in [0.717, 1.165) is 25.9 Å². The van der Waals surface area contributed by atoms with Crippen molar-refractivity contribution in [2.24, 2.45) is 5.92 Å². The van der Waals surface area contributed by atoms with Crippen molar-refractivity contribution in [1.29, 1.82) is 0 Å². The molecule has 1 aromatic carbocycles. The van der Waals surface area contributed by atoms with Gasteiger partial charge in [-0.05, 0) is 37.9 Å². The number of halogens is 1. The van der Waals surface area contributed by atoms with Crippen molar-refractivity contribution in [3.05, 3.63) is 35.4 Å². The van der Waals surface area contributed by atoms with Crippen LogP contribution in [-0.4, -0.2) is 18.9 Å². The quantitative estimate of drug-likeness (QED) is 0.816. The molecule has 0 aromatic heterocycles. The molecule has 0 saturated carbocycles. The van der Waals surface area contributed by atoms with Crippen molar-refractivity contribution >= 4 is 5.78 Å². The minimum Gasteiger partial charge on any atom is -0.316 e. The summed E-state index contributed by atoms with van der Waals surface area (Å²) in [6, 6.07) is 6.94. The number of hydrogen-bond donors (Lipinski definition) is 1. The van der Waals surface area contributed by atoms with Crippen LogP contribution in [0.1, 0.15) is 41.9 Å². The molecule has 1 aromatic rings. The third kappa shape index (κ3) is 2.91. The molecule has 1 N–H and O–H groups in total. The van der Waals surface area contributed by atoms with Gasteiger partial charge < -0.3 is 5.32 Å². The summed E-state index contributed by atoms with van der Waals surface area (Å²) in [5, 5.41) is 3.22. The fourth-order valence-corrected chi connectivity index (χ4v) is 2.33. The van der Waals surface area contributed by atoms with Gasteiger partial charge in [-0.1, -0.05) is 18.2 Å². The average Bonchev–Trinajstić information content (AvgIpc) is 2.39. The molecule has 17 heavy (non-hydrogen) atoms. The van der Waals surface area contributed by atoms with Crippen LogP contribution in [0.2, 0.25) is 0 Å². The van der Waals surface area contributed by atoms with Gasteiger partial charge in [-0.2, -0.15) is 0 Å². The number of benzene rings is 1. The molecule has 1 aliphatic heterocycles. The number of carbonyl (C=O) groups is 1. The lowest BCUT2D eigenvalue weighted by Crippen LogP contribution is -2.32. The minimum absolute atomic E-state index is 0.0131. The molecule has 92 valence electrons. The summed E-state index contributed by atoms with van der Waals surface area (Å²) in [7, 11) is 0. The van der Waals surface area contributed by atoms with Crippen molar-refractivity contribution in [3.8, 4) is 0 Å². The molecule has 1 saturated heterocycles. The van der Waals surface area contributed by atoms with Gasteiger partial charge in [0.2, 0.25) is 0 Å². The van der Waals surface area contributed by atoms with E-state index < -0.39 is 6.17 Å². The van der Waals surface area contributed by atoms with Gasteiger partial charge in [0.05, 0.1) is 0 Å². The molecule has 2 rings (SSSR count). The lowest BCUT2D eigenvalue weighted by Gasteiger charge is -2.26. The molecule has 3 heteroatoms. The van der Waals surface area contributed by atoms with Crippen molar-refractivity contribution in [2.75, 3.05) is 13.1 Å². The summed E-state index contributed by atoms with van der Waals surface area (Å²) in [6.07, 6.45) is 0.970. The Labute approximate surface area is 101 Å². The highest BCUT2D eigenvalue weighted by atomic mass is 19.1. The zero-order valence-electron chi connectivity index (χ0n) is 10.1. The molecule has 0 spiro atoms. The molecule has 1 fully saturated rings. The average molecular weight is 235 g/mol. The van der Waals surface area contributed by atoms with Crippen LogP contribution < -0.4 is 5.32 Å². The molecule has 2 atom stereocenters. The maximum atomic E-state index is 14.3. The normalized spacial score (nSPS) is 22.1. The summed E-state index contributed by atoms with van der Waals surface area (Å²) >= 11 is 0. The number of alkyl halides is 1. The van der Waals surface area contributed by atoms with Gasteiger partial charge >= 0.3 is 0 Å². The molecule has 0 bridgehead atoms. The van der Waals surface area contributed by atoms with E-state index in [0.29, 0.717) is 11.1 Å². The van der Waals surface area contributed by atoms with Gasteiger partial charge in [0, 0.05) is 18.0 Å². The Morgan fingerprint density at radius 1 is 1.53 bits per heavy atom. The van der Waals surface area contributed by atoms with Gasteiger partial charge in [-0.15, -0.1) is 0 Å². The summed E-state index contributed by atoms with van der Waals surface area (Å²) in [5.41, 5.74) is 1.22. The first-order valence-electron chi connectivity index (χ1n) is 6.14. The first kappa shape index (κ1) is 12.2. The van der Waals surface area contributed by atoms with Crippen molar-refractivity contribution in [1.82, 2.24) is 5.32 Å². The van der Waals surface area contributed by atoms with Crippen LogP contribution in [0, 0.1) is 5.92 Å². The molecule has 2 nitrogen and oxygen atoms in total. The molecule has 1 aliphatic rings. The number of hydrogen-bond acceptors (Lipinski definition) is 2. The fraction of sp³-hybridized carbons (Fsp3) is 0.500. The van der Waals surface area contributed by atoms with Crippen LogP contribution in [0.4, 0.5) is 4.39 Å². The number of carbonyl (C=O) groups excluding carboxylic acids is 1. The van der Waals surface area contributed by atoms with Gasteiger partial charge in [0.25, 0.3) is 0 Å². The zero-order valence-corrected chi connectivity index (χ0v) is 10.1. The van der Waals surface area contributed by atoms with E-state index in [2.05, 4.69) is 5.32 Å². The second kappa shape index (κ2) is 5.41. The molecule has 0 amide bonds. The topological polar surface area (TPSA) is 29.1 Å². The molecular formula is C14H18FNO. The second-order valence-electron chi connectivity index (χ2n) is 4.69. The monoisotopic (exact) mass is 235 g/mol. The summed E-state index contributed by atoms with van der Waals surface area (Å²) < 4.78 is 14.3. The van der Waals surface area contributed by atoms with E-state index in [1.165, 1.54) is 6.92 Å². The van der Waals surface area contributed by atoms with Crippen LogP contribution in [-0.2, 0) is 0 Å². The molecule has 0 radical (unpaired) electrons. The first-order chi connectivity index (χ1) is 8.18. The van der Waals surface area contributed by atoms with E-state index in [9.17, 15) is 9.18 Å². The lowest BCUT2D eigenvalue weighted by molar-refractivity contribution is 0.101. The Morgan fingerprint density at radius 3 is 3.00 bits per heavy atom. The predicted molar refractivity (Wildman–Crippen MR) is 65.9 cm³/mol. The van der Waals surface area contributed by atoms with E-state index >= 15 is 0 Å². The number of rotatable bonds is 3. The Kier molecular flexibility index (Phi) is 3.89. The standard InChI is InChI=1S/C14H18FNO/c1-10(17)11-4-2-5-12(8-11)14(15)13-6-3-7-16-9-13/h2,4-5,8,13-14,16H,3,6-7,9H2,1H3. The maximum Gasteiger partial charge on any atom is 0.159 e. The highest BCUT2D eigenvalue weighted by molar-refractivity contribution is 5.94. The third-order valence-electron chi connectivity index (χ3n) is 3.36. The van der Waals surface area contributed by atoms with Crippen LogP contribution in [0.5, 0.6) is 0 Å². The van der Waals surface area contributed by atoms with E-state index in [1.807, 2.05) is 0 Å². The first-order valence-corrected chi connectivity index (χ1v) is 6.14. The Morgan fingerprint density at radius 2 is 2.35 bits per heavy atom.